The molecule has 4 aromatic rings. The highest BCUT2D eigenvalue weighted by atomic mass is 19.1. The molecular formula is C33H33F2N5O4. The molecule has 0 bridgehead atoms. The molecule has 228 valence electrons. The Balaban J connectivity index is 1.25. The minimum absolute atomic E-state index is 0.0728. The summed E-state index contributed by atoms with van der Waals surface area (Å²) in [6.07, 6.45) is 0.695. The van der Waals surface area contributed by atoms with E-state index in [-0.39, 0.29) is 24.6 Å². The standard InChI is InChI=1S/C33H33F2N5O4/c1-43-29-13-9-24(20-30(29)44-2)28-12-14-31(37-36-28)38-15-4-16-39(18-17-38)32(41)22-40(21-23-7-10-26(34)11-8-23)33(42)25-5-3-6-27(35)19-25/h3,5-14,19-20H,4,15-18,21-22H2,1-2H3. The maximum Gasteiger partial charge on any atom is 0.254 e. The number of ether oxygens (including phenoxy) is 2. The van der Waals surface area contributed by atoms with Crippen molar-refractivity contribution in [2.24, 2.45) is 0 Å². The summed E-state index contributed by atoms with van der Waals surface area (Å²) < 4.78 is 38.1. The zero-order chi connectivity index (χ0) is 31.1. The van der Waals surface area contributed by atoms with Crippen LogP contribution in [0, 0.1) is 11.6 Å². The van der Waals surface area contributed by atoms with Crippen molar-refractivity contribution in [2.75, 3.05) is 51.8 Å². The number of hydrogen-bond acceptors (Lipinski definition) is 7. The second kappa shape index (κ2) is 13.9. The van der Waals surface area contributed by atoms with Crippen LogP contribution >= 0.6 is 0 Å². The third-order valence-electron chi connectivity index (χ3n) is 7.47. The van der Waals surface area contributed by atoms with Gasteiger partial charge in [-0.3, -0.25) is 9.59 Å². The molecule has 0 radical (unpaired) electrons. The molecule has 1 aliphatic heterocycles. The van der Waals surface area contributed by atoms with Crippen molar-refractivity contribution in [1.29, 1.82) is 0 Å². The van der Waals surface area contributed by atoms with Gasteiger partial charge in [0.2, 0.25) is 5.91 Å². The van der Waals surface area contributed by atoms with Gasteiger partial charge < -0.3 is 24.2 Å². The lowest BCUT2D eigenvalue weighted by Crippen LogP contribution is -2.44. The first-order chi connectivity index (χ1) is 21.3. The quantitative estimate of drug-likeness (QED) is 0.272. The molecule has 2 amide bonds. The third kappa shape index (κ3) is 7.28. The fraction of sp³-hybridized carbons (Fsp3) is 0.273. The van der Waals surface area contributed by atoms with Crippen LogP contribution in [0.4, 0.5) is 14.6 Å². The summed E-state index contributed by atoms with van der Waals surface area (Å²) in [4.78, 5) is 32.0. The number of anilines is 1. The number of hydrogen-bond donors (Lipinski definition) is 0. The van der Waals surface area contributed by atoms with Gasteiger partial charge in [-0.1, -0.05) is 18.2 Å². The van der Waals surface area contributed by atoms with Crippen molar-refractivity contribution in [1.82, 2.24) is 20.0 Å². The molecule has 0 N–H and O–H groups in total. The van der Waals surface area contributed by atoms with Crippen molar-refractivity contribution >= 4 is 17.6 Å². The molecule has 11 heteroatoms. The van der Waals surface area contributed by atoms with Crippen LogP contribution < -0.4 is 14.4 Å². The van der Waals surface area contributed by atoms with Gasteiger partial charge in [0, 0.05) is 43.9 Å². The molecule has 5 rings (SSSR count). The average molecular weight is 602 g/mol. The summed E-state index contributed by atoms with van der Waals surface area (Å²) in [5.74, 6) is 0.266. The maximum atomic E-state index is 13.9. The van der Waals surface area contributed by atoms with Crippen LogP contribution in [0.5, 0.6) is 11.5 Å². The van der Waals surface area contributed by atoms with Crippen LogP contribution in [-0.4, -0.2) is 78.8 Å². The lowest BCUT2D eigenvalue weighted by atomic mass is 10.1. The fourth-order valence-corrected chi connectivity index (χ4v) is 5.12. The molecule has 1 aliphatic rings. The van der Waals surface area contributed by atoms with Crippen LogP contribution in [0.1, 0.15) is 22.3 Å². The molecular weight excluding hydrogens is 568 g/mol. The predicted octanol–water partition coefficient (Wildman–Crippen LogP) is 4.82. The first-order valence-electron chi connectivity index (χ1n) is 14.2. The highest BCUT2D eigenvalue weighted by Crippen LogP contribution is 2.31. The molecule has 0 spiro atoms. The van der Waals surface area contributed by atoms with Crippen molar-refractivity contribution in [3.8, 4) is 22.8 Å². The van der Waals surface area contributed by atoms with Crippen LogP contribution in [0.3, 0.4) is 0 Å². The molecule has 3 aromatic carbocycles. The minimum atomic E-state index is -0.545. The Morgan fingerprint density at radius 2 is 1.61 bits per heavy atom. The monoisotopic (exact) mass is 601 g/mol. The number of carbonyl (C=O) groups excluding carboxylic acids is 2. The van der Waals surface area contributed by atoms with Crippen molar-refractivity contribution in [3.05, 3.63) is 102 Å². The molecule has 44 heavy (non-hydrogen) atoms. The molecule has 1 saturated heterocycles. The van der Waals surface area contributed by atoms with E-state index < -0.39 is 17.5 Å². The highest BCUT2D eigenvalue weighted by Gasteiger charge is 2.25. The van der Waals surface area contributed by atoms with E-state index in [4.69, 9.17) is 9.47 Å². The highest BCUT2D eigenvalue weighted by molar-refractivity contribution is 5.96. The van der Waals surface area contributed by atoms with E-state index >= 15 is 0 Å². The smallest absolute Gasteiger partial charge is 0.254 e. The number of nitrogens with zero attached hydrogens (tertiary/aromatic N) is 5. The van der Waals surface area contributed by atoms with Crippen LogP contribution in [0.25, 0.3) is 11.3 Å². The van der Waals surface area contributed by atoms with E-state index in [2.05, 4.69) is 15.1 Å². The summed E-state index contributed by atoms with van der Waals surface area (Å²) in [6.45, 7) is 2.01. The minimum Gasteiger partial charge on any atom is -0.493 e. The SMILES string of the molecule is COc1ccc(-c2ccc(N3CCCN(C(=O)CN(Cc4ccc(F)cc4)C(=O)c4cccc(F)c4)CC3)nn2)cc1OC. The first-order valence-corrected chi connectivity index (χ1v) is 14.2. The van der Waals surface area contributed by atoms with Gasteiger partial charge in [0.15, 0.2) is 17.3 Å². The number of carbonyl (C=O) groups is 2. The molecule has 0 aliphatic carbocycles. The number of halogens is 2. The predicted molar refractivity (Wildman–Crippen MR) is 162 cm³/mol. The molecule has 0 atom stereocenters. The Hall–Kier alpha value is -5.06. The van der Waals surface area contributed by atoms with Gasteiger partial charge in [-0.05, 0) is 72.6 Å². The van der Waals surface area contributed by atoms with E-state index in [1.54, 1.807) is 31.3 Å². The van der Waals surface area contributed by atoms with E-state index in [9.17, 15) is 18.4 Å². The Labute approximate surface area is 254 Å². The van der Waals surface area contributed by atoms with Gasteiger partial charge in [0.05, 0.1) is 19.9 Å². The van der Waals surface area contributed by atoms with E-state index in [1.165, 1.54) is 35.2 Å². The van der Waals surface area contributed by atoms with E-state index in [1.807, 2.05) is 30.3 Å². The molecule has 1 fully saturated rings. The first kappa shape index (κ1) is 30.4. The largest absolute Gasteiger partial charge is 0.493 e. The van der Waals surface area contributed by atoms with E-state index in [0.29, 0.717) is 61.2 Å². The zero-order valence-electron chi connectivity index (χ0n) is 24.6. The second-order valence-electron chi connectivity index (χ2n) is 10.4. The number of methoxy groups -OCH3 is 2. The van der Waals surface area contributed by atoms with Crippen LogP contribution in [0.2, 0.25) is 0 Å². The van der Waals surface area contributed by atoms with E-state index in [0.717, 1.165) is 11.6 Å². The zero-order valence-corrected chi connectivity index (χ0v) is 24.6. The summed E-state index contributed by atoms with van der Waals surface area (Å²) in [5.41, 5.74) is 2.32. The Morgan fingerprint density at radius 3 is 2.32 bits per heavy atom. The maximum absolute atomic E-state index is 13.9. The van der Waals surface area contributed by atoms with Crippen LogP contribution in [0.15, 0.2) is 78.9 Å². The topological polar surface area (TPSA) is 88.1 Å². The van der Waals surface area contributed by atoms with Gasteiger partial charge >= 0.3 is 0 Å². The molecule has 0 saturated carbocycles. The fourth-order valence-electron chi connectivity index (χ4n) is 5.12. The van der Waals surface area contributed by atoms with Gasteiger partial charge in [0.25, 0.3) is 5.91 Å². The van der Waals surface area contributed by atoms with Gasteiger partial charge in [0.1, 0.15) is 18.2 Å². The van der Waals surface area contributed by atoms with Gasteiger partial charge in [-0.25, -0.2) is 8.78 Å². The average Bonchev–Trinajstić information content (AvgIpc) is 3.31. The van der Waals surface area contributed by atoms with Gasteiger partial charge in [-0.15, -0.1) is 10.2 Å². The summed E-state index contributed by atoms with van der Waals surface area (Å²) in [7, 11) is 3.16. The number of rotatable bonds is 9. The molecule has 2 heterocycles. The van der Waals surface area contributed by atoms with Crippen molar-refractivity contribution in [3.63, 3.8) is 0 Å². The van der Waals surface area contributed by atoms with Gasteiger partial charge in [-0.2, -0.15) is 0 Å². The Kier molecular flexibility index (Phi) is 9.63. The second-order valence-corrected chi connectivity index (χ2v) is 10.4. The molecule has 0 unspecified atom stereocenters. The molecule has 1 aromatic heterocycles. The Bertz CT molecular complexity index is 1600. The summed E-state index contributed by atoms with van der Waals surface area (Å²) >= 11 is 0. The lowest BCUT2D eigenvalue weighted by molar-refractivity contribution is -0.131. The number of aromatic nitrogens is 2. The normalized spacial score (nSPS) is 13.3. The number of amides is 2. The summed E-state index contributed by atoms with van der Waals surface area (Å²) in [5, 5.41) is 8.86. The third-order valence-corrected chi connectivity index (χ3v) is 7.47. The summed E-state index contributed by atoms with van der Waals surface area (Å²) in [6, 6.07) is 20.4. The lowest BCUT2D eigenvalue weighted by Gasteiger charge is -2.27. The van der Waals surface area contributed by atoms with Crippen molar-refractivity contribution < 1.29 is 27.8 Å². The molecule has 9 nitrogen and oxygen atoms in total. The number of benzene rings is 3. The van der Waals surface area contributed by atoms with Crippen molar-refractivity contribution in [2.45, 2.75) is 13.0 Å². The Morgan fingerprint density at radius 1 is 0.818 bits per heavy atom. The van der Waals surface area contributed by atoms with Crippen LogP contribution in [-0.2, 0) is 11.3 Å².